The Morgan fingerprint density at radius 2 is 2.07 bits per heavy atom. The van der Waals surface area contributed by atoms with Crippen LogP contribution in [0.25, 0.3) is 0 Å². The van der Waals surface area contributed by atoms with Crippen molar-refractivity contribution < 1.29 is 9.53 Å². The second-order valence-corrected chi connectivity index (χ2v) is 7.12. The molecular formula is C11H18O2S2. The van der Waals surface area contributed by atoms with E-state index >= 15 is 0 Å². The number of ether oxygens (including phenoxy) is 1. The molecule has 0 bridgehead atoms. The van der Waals surface area contributed by atoms with Crippen LogP contribution in [0.15, 0.2) is 12.2 Å². The highest BCUT2D eigenvalue weighted by Crippen LogP contribution is 2.44. The fourth-order valence-corrected chi connectivity index (χ4v) is 4.21. The molecule has 0 aromatic heterocycles. The van der Waals surface area contributed by atoms with Gasteiger partial charge in [0.1, 0.15) is 6.61 Å². The molecule has 0 aliphatic carbocycles. The molecular weight excluding hydrogens is 228 g/mol. The van der Waals surface area contributed by atoms with Crippen molar-refractivity contribution in [2.75, 3.05) is 18.1 Å². The quantitative estimate of drug-likeness (QED) is 0.562. The normalized spacial score (nSPS) is 20.4. The standard InChI is InChI=1S/C11H18O2S2/c1-10(12)13-7-4-3-6-11(2)14-8-5-9-15-11/h3-4H,5-9H2,1-2H3/b4-3+. The van der Waals surface area contributed by atoms with E-state index in [1.165, 1.54) is 24.9 Å². The van der Waals surface area contributed by atoms with Crippen LogP contribution in [-0.4, -0.2) is 28.2 Å². The van der Waals surface area contributed by atoms with E-state index < -0.39 is 0 Å². The Labute approximate surface area is 100 Å². The molecule has 86 valence electrons. The van der Waals surface area contributed by atoms with Gasteiger partial charge in [-0.15, -0.1) is 23.5 Å². The predicted molar refractivity (Wildman–Crippen MR) is 68.3 cm³/mol. The van der Waals surface area contributed by atoms with Gasteiger partial charge in [-0.2, -0.15) is 0 Å². The van der Waals surface area contributed by atoms with Crippen molar-refractivity contribution in [3.8, 4) is 0 Å². The Kier molecular flexibility index (Phi) is 5.61. The van der Waals surface area contributed by atoms with E-state index in [-0.39, 0.29) is 5.97 Å². The lowest BCUT2D eigenvalue weighted by atomic mass is 10.3. The third-order valence-electron chi connectivity index (χ3n) is 2.14. The first-order valence-corrected chi connectivity index (χ1v) is 7.16. The van der Waals surface area contributed by atoms with Gasteiger partial charge in [0, 0.05) is 6.92 Å². The van der Waals surface area contributed by atoms with E-state index in [2.05, 4.69) is 13.0 Å². The van der Waals surface area contributed by atoms with Crippen LogP contribution in [0.3, 0.4) is 0 Å². The second-order valence-electron chi connectivity index (χ2n) is 3.66. The molecule has 0 aromatic rings. The molecule has 1 aliphatic rings. The largest absolute Gasteiger partial charge is 0.462 e. The van der Waals surface area contributed by atoms with Crippen LogP contribution in [-0.2, 0) is 9.53 Å². The highest BCUT2D eigenvalue weighted by Gasteiger charge is 2.26. The van der Waals surface area contributed by atoms with Crippen LogP contribution in [0.2, 0.25) is 0 Å². The Hall–Kier alpha value is -0.0900. The topological polar surface area (TPSA) is 26.3 Å². The molecule has 0 unspecified atom stereocenters. The maximum absolute atomic E-state index is 10.5. The molecule has 0 saturated carbocycles. The van der Waals surface area contributed by atoms with Gasteiger partial charge in [0.2, 0.25) is 0 Å². The van der Waals surface area contributed by atoms with Gasteiger partial charge in [-0.1, -0.05) is 12.2 Å². The van der Waals surface area contributed by atoms with Crippen LogP contribution in [0.4, 0.5) is 0 Å². The molecule has 0 atom stereocenters. The minimum atomic E-state index is -0.215. The number of allylic oxidation sites excluding steroid dienone is 1. The van der Waals surface area contributed by atoms with E-state index in [4.69, 9.17) is 4.74 Å². The van der Waals surface area contributed by atoms with Crippen LogP contribution >= 0.6 is 23.5 Å². The zero-order chi connectivity index (χ0) is 11.1. The summed E-state index contributed by atoms with van der Waals surface area (Å²) in [5, 5.41) is 0. The maximum atomic E-state index is 10.5. The van der Waals surface area contributed by atoms with Crippen LogP contribution < -0.4 is 0 Å². The van der Waals surface area contributed by atoms with Gasteiger partial charge in [-0.3, -0.25) is 4.79 Å². The Bertz CT molecular complexity index is 233. The fourth-order valence-electron chi connectivity index (χ4n) is 1.33. The highest BCUT2D eigenvalue weighted by molar-refractivity contribution is 8.18. The summed E-state index contributed by atoms with van der Waals surface area (Å²) in [5.74, 6) is 2.31. The van der Waals surface area contributed by atoms with E-state index in [1.807, 2.05) is 29.6 Å². The summed E-state index contributed by atoms with van der Waals surface area (Å²) in [6.45, 7) is 4.13. The van der Waals surface area contributed by atoms with Gasteiger partial charge < -0.3 is 4.74 Å². The molecule has 0 amide bonds. The molecule has 0 N–H and O–H groups in total. The van der Waals surface area contributed by atoms with Crippen molar-refractivity contribution in [1.82, 2.24) is 0 Å². The van der Waals surface area contributed by atoms with Gasteiger partial charge in [-0.25, -0.2) is 0 Å². The average Bonchev–Trinajstić information content (AvgIpc) is 2.17. The van der Waals surface area contributed by atoms with Gasteiger partial charge in [0.15, 0.2) is 0 Å². The molecule has 1 saturated heterocycles. The van der Waals surface area contributed by atoms with Crippen molar-refractivity contribution in [2.24, 2.45) is 0 Å². The fraction of sp³-hybridized carbons (Fsp3) is 0.727. The summed E-state index contributed by atoms with van der Waals surface area (Å²) in [7, 11) is 0. The summed E-state index contributed by atoms with van der Waals surface area (Å²) < 4.78 is 5.15. The molecule has 0 radical (unpaired) electrons. The van der Waals surface area contributed by atoms with Crippen molar-refractivity contribution in [3.63, 3.8) is 0 Å². The molecule has 0 spiro atoms. The SMILES string of the molecule is CC(=O)OC/C=C/CC1(C)SCCCS1. The Morgan fingerprint density at radius 3 is 2.67 bits per heavy atom. The summed E-state index contributed by atoms with van der Waals surface area (Å²) in [5.41, 5.74) is 0. The average molecular weight is 246 g/mol. The van der Waals surface area contributed by atoms with E-state index in [1.54, 1.807) is 0 Å². The number of rotatable bonds is 4. The monoisotopic (exact) mass is 246 g/mol. The van der Waals surface area contributed by atoms with E-state index in [0.717, 1.165) is 6.42 Å². The van der Waals surface area contributed by atoms with Crippen LogP contribution in [0.5, 0.6) is 0 Å². The molecule has 1 heterocycles. The molecule has 1 rings (SSSR count). The number of carbonyl (C=O) groups excluding carboxylic acids is 1. The molecule has 1 fully saturated rings. The van der Waals surface area contributed by atoms with Gasteiger partial charge in [-0.05, 0) is 31.3 Å². The van der Waals surface area contributed by atoms with Gasteiger partial charge in [0.25, 0.3) is 0 Å². The highest BCUT2D eigenvalue weighted by atomic mass is 32.2. The summed E-state index contributed by atoms with van der Waals surface area (Å²) in [6.07, 6.45) is 6.42. The van der Waals surface area contributed by atoms with Gasteiger partial charge in [0.05, 0.1) is 4.08 Å². The lowest BCUT2D eigenvalue weighted by Gasteiger charge is -2.31. The minimum Gasteiger partial charge on any atom is -0.462 e. The smallest absolute Gasteiger partial charge is 0.302 e. The number of hydrogen-bond donors (Lipinski definition) is 0. The number of thioether (sulfide) groups is 2. The number of hydrogen-bond acceptors (Lipinski definition) is 4. The first-order valence-electron chi connectivity index (χ1n) is 5.19. The summed E-state index contributed by atoms with van der Waals surface area (Å²) in [6, 6.07) is 0. The third kappa shape index (κ3) is 5.52. The first-order chi connectivity index (χ1) is 7.12. The summed E-state index contributed by atoms with van der Waals surface area (Å²) >= 11 is 4.07. The number of carbonyl (C=O) groups is 1. The molecule has 2 nitrogen and oxygen atoms in total. The van der Waals surface area contributed by atoms with Gasteiger partial charge >= 0.3 is 5.97 Å². The first kappa shape index (κ1) is 13.0. The molecule has 4 heteroatoms. The lowest BCUT2D eigenvalue weighted by molar-refractivity contribution is -0.139. The minimum absolute atomic E-state index is 0.215. The maximum Gasteiger partial charge on any atom is 0.302 e. The van der Waals surface area contributed by atoms with Crippen molar-refractivity contribution >= 4 is 29.5 Å². The Balaban J connectivity index is 2.19. The zero-order valence-corrected chi connectivity index (χ0v) is 11.0. The van der Waals surface area contributed by atoms with E-state index in [0.29, 0.717) is 10.7 Å². The lowest BCUT2D eigenvalue weighted by Crippen LogP contribution is -2.19. The van der Waals surface area contributed by atoms with E-state index in [9.17, 15) is 4.79 Å². The Morgan fingerprint density at radius 1 is 1.40 bits per heavy atom. The molecule has 0 aromatic carbocycles. The second kappa shape index (κ2) is 6.48. The zero-order valence-electron chi connectivity index (χ0n) is 9.32. The summed E-state index contributed by atoms with van der Waals surface area (Å²) in [4.78, 5) is 10.5. The van der Waals surface area contributed by atoms with Crippen molar-refractivity contribution in [2.45, 2.75) is 30.8 Å². The molecule has 1 aliphatic heterocycles. The third-order valence-corrected chi connectivity index (χ3v) is 5.39. The van der Waals surface area contributed by atoms with Crippen molar-refractivity contribution in [1.29, 1.82) is 0 Å². The number of esters is 1. The van der Waals surface area contributed by atoms with Crippen LogP contribution in [0, 0.1) is 0 Å². The van der Waals surface area contributed by atoms with Crippen molar-refractivity contribution in [3.05, 3.63) is 12.2 Å². The van der Waals surface area contributed by atoms with Crippen LogP contribution in [0.1, 0.15) is 26.7 Å². The predicted octanol–water partition coefficient (Wildman–Crippen LogP) is 3.08. The molecule has 15 heavy (non-hydrogen) atoms.